The summed E-state index contributed by atoms with van der Waals surface area (Å²) in [5, 5.41) is 7.45. The van der Waals surface area contributed by atoms with E-state index in [2.05, 4.69) is 31.3 Å². The highest BCUT2D eigenvalue weighted by atomic mass is 79.9. The Labute approximate surface area is 112 Å². The average molecular weight is 304 g/mol. The van der Waals surface area contributed by atoms with Crippen LogP contribution >= 0.6 is 15.9 Å². The number of nitrogen functional groups attached to an aromatic ring is 1. The molecule has 90 valence electrons. The highest BCUT2D eigenvalue weighted by molar-refractivity contribution is 9.10. The second-order valence-electron chi connectivity index (χ2n) is 3.81. The Morgan fingerprint density at radius 3 is 2.67 bits per heavy atom. The lowest BCUT2D eigenvalue weighted by atomic mass is 10.3. The Balaban J connectivity index is 1.95. The van der Waals surface area contributed by atoms with Crippen molar-refractivity contribution >= 4 is 38.9 Å². The molecule has 0 aliphatic rings. The van der Waals surface area contributed by atoms with Gasteiger partial charge >= 0.3 is 0 Å². The van der Waals surface area contributed by atoms with Gasteiger partial charge in [-0.2, -0.15) is 4.98 Å². The van der Waals surface area contributed by atoms with Crippen LogP contribution < -0.4 is 11.1 Å². The lowest BCUT2D eigenvalue weighted by Crippen LogP contribution is -1.93. The van der Waals surface area contributed by atoms with Crippen LogP contribution in [0.4, 0.5) is 17.3 Å². The normalized spacial score (nSPS) is 10.7. The zero-order valence-electron chi connectivity index (χ0n) is 9.34. The molecule has 2 heterocycles. The van der Waals surface area contributed by atoms with E-state index in [1.54, 1.807) is 4.52 Å². The van der Waals surface area contributed by atoms with Gasteiger partial charge in [0.15, 0.2) is 5.65 Å². The van der Waals surface area contributed by atoms with Gasteiger partial charge in [0.2, 0.25) is 5.95 Å². The highest BCUT2D eigenvalue weighted by Gasteiger charge is 2.05. The quantitative estimate of drug-likeness (QED) is 0.714. The topological polar surface area (TPSA) is 68.2 Å². The second kappa shape index (κ2) is 4.30. The van der Waals surface area contributed by atoms with Crippen LogP contribution in [0, 0.1) is 0 Å². The van der Waals surface area contributed by atoms with Crippen molar-refractivity contribution in [3.05, 3.63) is 47.1 Å². The standard InChI is InChI=1S/C12H10BrN5/c13-10-2-1-7-18-11(10)16-12(17-18)15-9-5-3-8(14)4-6-9/h1-7H,14H2,(H,15,17). The monoisotopic (exact) mass is 303 g/mol. The number of anilines is 3. The minimum absolute atomic E-state index is 0.548. The van der Waals surface area contributed by atoms with Crippen LogP contribution in [0.25, 0.3) is 5.65 Å². The van der Waals surface area contributed by atoms with Gasteiger partial charge in [0.05, 0.1) is 4.47 Å². The van der Waals surface area contributed by atoms with Gasteiger partial charge in [-0.3, -0.25) is 0 Å². The van der Waals surface area contributed by atoms with Crippen LogP contribution in [0.2, 0.25) is 0 Å². The molecule has 3 rings (SSSR count). The van der Waals surface area contributed by atoms with Crippen molar-refractivity contribution in [2.24, 2.45) is 0 Å². The van der Waals surface area contributed by atoms with Crippen molar-refractivity contribution < 1.29 is 0 Å². The molecule has 0 unspecified atom stereocenters. The zero-order chi connectivity index (χ0) is 12.5. The number of rotatable bonds is 2. The summed E-state index contributed by atoms with van der Waals surface area (Å²) in [6.45, 7) is 0. The summed E-state index contributed by atoms with van der Waals surface area (Å²) >= 11 is 3.44. The van der Waals surface area contributed by atoms with Gasteiger partial charge in [-0.1, -0.05) is 0 Å². The Hall–Kier alpha value is -2.08. The molecule has 6 heteroatoms. The summed E-state index contributed by atoms with van der Waals surface area (Å²) in [4.78, 5) is 4.39. The van der Waals surface area contributed by atoms with Crippen molar-refractivity contribution in [3.8, 4) is 0 Å². The Bertz CT molecular complexity index is 689. The molecule has 1 aromatic carbocycles. The minimum Gasteiger partial charge on any atom is -0.399 e. The van der Waals surface area contributed by atoms with Gasteiger partial charge in [0.1, 0.15) is 0 Å². The van der Waals surface area contributed by atoms with Crippen molar-refractivity contribution in [2.45, 2.75) is 0 Å². The predicted molar refractivity (Wildman–Crippen MR) is 74.8 cm³/mol. The van der Waals surface area contributed by atoms with Crippen LogP contribution in [0.15, 0.2) is 47.1 Å². The summed E-state index contributed by atoms with van der Waals surface area (Å²) in [7, 11) is 0. The van der Waals surface area contributed by atoms with E-state index in [0.717, 1.165) is 21.5 Å². The molecule has 0 saturated carbocycles. The number of benzene rings is 1. The Kier molecular flexibility index (Phi) is 2.64. The third-order valence-corrected chi connectivity index (χ3v) is 3.10. The molecule has 0 radical (unpaired) electrons. The van der Waals surface area contributed by atoms with E-state index < -0.39 is 0 Å². The fourth-order valence-corrected chi connectivity index (χ4v) is 2.05. The van der Waals surface area contributed by atoms with Crippen molar-refractivity contribution in [3.63, 3.8) is 0 Å². The first-order chi connectivity index (χ1) is 8.72. The smallest absolute Gasteiger partial charge is 0.247 e. The third kappa shape index (κ3) is 2.02. The molecule has 0 fully saturated rings. The first kappa shape index (κ1) is 11.0. The number of halogens is 1. The lowest BCUT2D eigenvalue weighted by molar-refractivity contribution is 0.962. The lowest BCUT2D eigenvalue weighted by Gasteiger charge is -2.00. The summed E-state index contributed by atoms with van der Waals surface area (Å²) < 4.78 is 2.62. The molecule has 0 saturated heterocycles. The maximum atomic E-state index is 5.63. The van der Waals surface area contributed by atoms with Crippen LogP contribution in [-0.4, -0.2) is 14.6 Å². The summed E-state index contributed by atoms with van der Waals surface area (Å²) in [6, 6.07) is 11.3. The fourth-order valence-electron chi connectivity index (χ4n) is 1.62. The van der Waals surface area contributed by atoms with E-state index in [4.69, 9.17) is 5.73 Å². The summed E-state index contributed by atoms with van der Waals surface area (Å²) in [5.41, 5.74) is 8.03. The molecular weight excluding hydrogens is 294 g/mol. The number of nitrogens with one attached hydrogen (secondary N) is 1. The van der Waals surface area contributed by atoms with Crippen LogP contribution in [0.1, 0.15) is 0 Å². The van der Waals surface area contributed by atoms with Crippen LogP contribution in [-0.2, 0) is 0 Å². The number of fused-ring (bicyclic) bond motifs is 1. The number of nitrogens with two attached hydrogens (primary N) is 1. The SMILES string of the molecule is Nc1ccc(Nc2nc3c(Br)cccn3n2)cc1. The molecule has 0 aliphatic carbocycles. The zero-order valence-corrected chi connectivity index (χ0v) is 10.9. The molecular formula is C12H10BrN5. The summed E-state index contributed by atoms with van der Waals surface area (Å²) in [6.07, 6.45) is 1.85. The molecule has 3 aromatic rings. The van der Waals surface area contributed by atoms with E-state index in [1.165, 1.54) is 0 Å². The maximum absolute atomic E-state index is 5.63. The number of pyridine rings is 1. The van der Waals surface area contributed by atoms with E-state index in [1.807, 2.05) is 42.6 Å². The summed E-state index contributed by atoms with van der Waals surface area (Å²) in [5.74, 6) is 0.548. The molecule has 0 bridgehead atoms. The van der Waals surface area contributed by atoms with Gasteiger partial charge < -0.3 is 11.1 Å². The minimum atomic E-state index is 0.548. The van der Waals surface area contributed by atoms with Crippen molar-refractivity contribution in [1.82, 2.24) is 14.6 Å². The first-order valence-corrected chi connectivity index (χ1v) is 6.15. The van der Waals surface area contributed by atoms with Gasteiger partial charge in [0, 0.05) is 17.6 Å². The number of nitrogens with zero attached hydrogens (tertiary/aromatic N) is 3. The second-order valence-corrected chi connectivity index (χ2v) is 4.66. The maximum Gasteiger partial charge on any atom is 0.247 e. The molecule has 5 nitrogen and oxygen atoms in total. The fraction of sp³-hybridized carbons (Fsp3) is 0. The molecule has 0 amide bonds. The van der Waals surface area contributed by atoms with Crippen molar-refractivity contribution in [2.75, 3.05) is 11.1 Å². The van der Waals surface area contributed by atoms with E-state index >= 15 is 0 Å². The van der Waals surface area contributed by atoms with Gasteiger partial charge in [-0.25, -0.2) is 4.52 Å². The first-order valence-electron chi connectivity index (χ1n) is 5.36. The van der Waals surface area contributed by atoms with E-state index in [0.29, 0.717) is 5.95 Å². The number of hydrogen-bond donors (Lipinski definition) is 2. The molecule has 0 atom stereocenters. The molecule has 0 aliphatic heterocycles. The average Bonchev–Trinajstić information content (AvgIpc) is 2.76. The van der Waals surface area contributed by atoms with Gasteiger partial charge in [0.25, 0.3) is 0 Å². The van der Waals surface area contributed by atoms with Crippen LogP contribution in [0.5, 0.6) is 0 Å². The Morgan fingerprint density at radius 1 is 1.17 bits per heavy atom. The Morgan fingerprint density at radius 2 is 1.94 bits per heavy atom. The van der Waals surface area contributed by atoms with E-state index in [-0.39, 0.29) is 0 Å². The molecule has 18 heavy (non-hydrogen) atoms. The highest BCUT2D eigenvalue weighted by Crippen LogP contribution is 2.19. The molecule has 3 N–H and O–H groups in total. The predicted octanol–water partition coefficient (Wildman–Crippen LogP) is 2.82. The molecule has 0 spiro atoms. The van der Waals surface area contributed by atoms with E-state index in [9.17, 15) is 0 Å². The van der Waals surface area contributed by atoms with Gasteiger partial charge in [-0.05, 0) is 52.3 Å². The number of hydrogen-bond acceptors (Lipinski definition) is 4. The largest absolute Gasteiger partial charge is 0.399 e. The van der Waals surface area contributed by atoms with Gasteiger partial charge in [-0.15, -0.1) is 5.10 Å². The van der Waals surface area contributed by atoms with Crippen molar-refractivity contribution in [1.29, 1.82) is 0 Å². The third-order valence-electron chi connectivity index (χ3n) is 2.48. The molecule has 2 aromatic heterocycles. The number of aromatic nitrogens is 3. The van der Waals surface area contributed by atoms with Crippen LogP contribution in [0.3, 0.4) is 0 Å².